The number of hydrogen-bond acceptors (Lipinski definition) is 3. The van der Waals surface area contributed by atoms with Crippen LogP contribution in [0.15, 0.2) is 23.0 Å². The normalized spacial score (nSPS) is 18.7. The van der Waals surface area contributed by atoms with Gasteiger partial charge in [-0.25, -0.2) is 9.37 Å². The fraction of sp³-hybridized carbons (Fsp3) is 0.500. The first-order valence-electron chi connectivity index (χ1n) is 9.39. The lowest BCUT2D eigenvalue weighted by molar-refractivity contribution is 0.236. The molecule has 1 aromatic carbocycles. The SMILES string of the molecule is O=c1[nH]c(C2CCCCC2)nc2c1CCN(Cc1c(F)cccc1Cl)C2. The molecule has 0 spiro atoms. The third-order valence-electron chi connectivity index (χ3n) is 5.61. The van der Waals surface area contributed by atoms with E-state index in [0.717, 1.165) is 29.9 Å². The molecule has 1 aliphatic carbocycles. The fourth-order valence-corrected chi connectivity index (χ4v) is 4.35. The van der Waals surface area contributed by atoms with Gasteiger partial charge >= 0.3 is 0 Å². The molecule has 0 bridgehead atoms. The lowest BCUT2D eigenvalue weighted by Crippen LogP contribution is -2.36. The summed E-state index contributed by atoms with van der Waals surface area (Å²) in [5, 5.41) is 0.442. The molecular formula is C20H23ClFN3O. The highest BCUT2D eigenvalue weighted by atomic mass is 35.5. The molecule has 1 fully saturated rings. The summed E-state index contributed by atoms with van der Waals surface area (Å²) in [5.74, 6) is 0.905. The summed E-state index contributed by atoms with van der Waals surface area (Å²) in [4.78, 5) is 22.5. The largest absolute Gasteiger partial charge is 0.310 e. The molecule has 26 heavy (non-hydrogen) atoms. The van der Waals surface area contributed by atoms with Gasteiger partial charge in [-0.1, -0.05) is 36.9 Å². The first kappa shape index (κ1) is 17.7. The molecule has 4 nitrogen and oxygen atoms in total. The van der Waals surface area contributed by atoms with Gasteiger partial charge < -0.3 is 4.98 Å². The van der Waals surface area contributed by atoms with Crippen LogP contribution >= 0.6 is 11.6 Å². The van der Waals surface area contributed by atoms with E-state index in [0.29, 0.717) is 42.6 Å². The predicted molar refractivity (Wildman–Crippen MR) is 99.9 cm³/mol. The van der Waals surface area contributed by atoms with E-state index in [-0.39, 0.29) is 11.4 Å². The van der Waals surface area contributed by atoms with Crippen molar-refractivity contribution in [1.29, 1.82) is 0 Å². The summed E-state index contributed by atoms with van der Waals surface area (Å²) in [6.45, 7) is 1.69. The predicted octanol–water partition coefficient (Wildman–Crippen LogP) is 4.17. The Bertz CT molecular complexity index is 840. The third-order valence-corrected chi connectivity index (χ3v) is 5.96. The van der Waals surface area contributed by atoms with E-state index in [9.17, 15) is 9.18 Å². The molecule has 2 aliphatic rings. The first-order valence-corrected chi connectivity index (χ1v) is 9.77. The first-order chi connectivity index (χ1) is 12.6. The van der Waals surface area contributed by atoms with Gasteiger partial charge in [-0.15, -0.1) is 0 Å². The van der Waals surface area contributed by atoms with Crippen LogP contribution in [0.4, 0.5) is 4.39 Å². The van der Waals surface area contributed by atoms with Crippen molar-refractivity contribution in [3.63, 3.8) is 0 Å². The second-order valence-corrected chi connectivity index (χ2v) is 7.78. The van der Waals surface area contributed by atoms with E-state index in [4.69, 9.17) is 16.6 Å². The second-order valence-electron chi connectivity index (χ2n) is 7.37. The fourth-order valence-electron chi connectivity index (χ4n) is 4.12. The number of fused-ring (bicyclic) bond motifs is 1. The highest BCUT2D eigenvalue weighted by Gasteiger charge is 2.25. The molecule has 2 heterocycles. The molecule has 138 valence electrons. The number of nitrogens with one attached hydrogen (secondary N) is 1. The molecule has 2 aromatic rings. The van der Waals surface area contributed by atoms with Crippen molar-refractivity contribution in [3.05, 3.63) is 62.0 Å². The maximum Gasteiger partial charge on any atom is 0.254 e. The second kappa shape index (κ2) is 7.49. The topological polar surface area (TPSA) is 49.0 Å². The van der Waals surface area contributed by atoms with Gasteiger partial charge in [-0.05, 0) is 31.4 Å². The standard InChI is InChI=1S/C20H23ClFN3O/c21-16-7-4-8-17(22)15(16)11-25-10-9-14-18(12-25)23-19(24-20(14)26)13-5-2-1-3-6-13/h4,7-8,13H,1-3,5-6,9-12H2,(H,23,24,26). The minimum Gasteiger partial charge on any atom is -0.310 e. The Hall–Kier alpha value is -1.72. The Kier molecular flexibility index (Phi) is 5.09. The van der Waals surface area contributed by atoms with Gasteiger partial charge in [0.05, 0.1) is 5.69 Å². The van der Waals surface area contributed by atoms with Gasteiger partial charge in [0, 0.05) is 41.7 Å². The van der Waals surface area contributed by atoms with Crippen molar-refractivity contribution in [3.8, 4) is 0 Å². The lowest BCUT2D eigenvalue weighted by Gasteiger charge is -2.29. The van der Waals surface area contributed by atoms with Gasteiger partial charge in [0.1, 0.15) is 11.6 Å². The van der Waals surface area contributed by atoms with Crippen molar-refractivity contribution < 1.29 is 4.39 Å². The van der Waals surface area contributed by atoms with Gasteiger partial charge in [-0.2, -0.15) is 0 Å². The van der Waals surface area contributed by atoms with Crippen LogP contribution in [0.5, 0.6) is 0 Å². The van der Waals surface area contributed by atoms with Crippen molar-refractivity contribution in [1.82, 2.24) is 14.9 Å². The van der Waals surface area contributed by atoms with Crippen LogP contribution in [0, 0.1) is 5.82 Å². The minimum absolute atomic E-state index is 0.000789. The van der Waals surface area contributed by atoms with Crippen LogP contribution in [0.3, 0.4) is 0 Å². The highest BCUT2D eigenvalue weighted by molar-refractivity contribution is 6.31. The van der Waals surface area contributed by atoms with Crippen molar-refractivity contribution >= 4 is 11.6 Å². The van der Waals surface area contributed by atoms with Crippen molar-refractivity contribution in [2.75, 3.05) is 6.54 Å². The smallest absolute Gasteiger partial charge is 0.254 e. The van der Waals surface area contributed by atoms with Crippen molar-refractivity contribution in [2.24, 2.45) is 0 Å². The Morgan fingerprint density at radius 2 is 2.08 bits per heavy atom. The molecule has 0 saturated heterocycles. The van der Waals surface area contributed by atoms with Crippen LogP contribution in [0.1, 0.15) is 60.7 Å². The van der Waals surface area contributed by atoms with E-state index in [1.807, 2.05) is 0 Å². The molecule has 0 unspecified atom stereocenters. The van der Waals surface area contributed by atoms with Crippen LogP contribution in [-0.4, -0.2) is 21.4 Å². The van der Waals surface area contributed by atoms with Gasteiger partial charge in [0.25, 0.3) is 5.56 Å². The van der Waals surface area contributed by atoms with E-state index in [1.165, 1.54) is 25.3 Å². The van der Waals surface area contributed by atoms with E-state index >= 15 is 0 Å². The Morgan fingerprint density at radius 3 is 2.85 bits per heavy atom. The third kappa shape index (κ3) is 3.55. The van der Waals surface area contributed by atoms with E-state index in [1.54, 1.807) is 12.1 Å². The number of benzene rings is 1. The maximum atomic E-state index is 14.1. The average molecular weight is 376 g/mol. The molecular weight excluding hydrogens is 353 g/mol. The lowest BCUT2D eigenvalue weighted by atomic mass is 9.88. The summed E-state index contributed by atoms with van der Waals surface area (Å²) < 4.78 is 14.1. The van der Waals surface area contributed by atoms with E-state index in [2.05, 4.69) is 9.88 Å². The number of halogens is 2. The summed E-state index contributed by atoms with van der Waals surface area (Å²) >= 11 is 6.16. The maximum absolute atomic E-state index is 14.1. The molecule has 1 aliphatic heterocycles. The number of H-pyrrole nitrogens is 1. The minimum atomic E-state index is -0.287. The highest BCUT2D eigenvalue weighted by Crippen LogP contribution is 2.31. The average Bonchev–Trinajstić information content (AvgIpc) is 2.65. The molecule has 6 heteroatoms. The Morgan fingerprint density at radius 1 is 1.27 bits per heavy atom. The summed E-state index contributed by atoms with van der Waals surface area (Å²) in [7, 11) is 0. The monoisotopic (exact) mass is 375 g/mol. The molecule has 1 aromatic heterocycles. The molecule has 0 radical (unpaired) electrons. The molecule has 0 atom stereocenters. The summed E-state index contributed by atoms with van der Waals surface area (Å²) in [5.41, 5.74) is 2.13. The number of hydrogen-bond donors (Lipinski definition) is 1. The van der Waals surface area contributed by atoms with E-state index < -0.39 is 0 Å². The van der Waals surface area contributed by atoms with Crippen LogP contribution < -0.4 is 5.56 Å². The number of nitrogens with zero attached hydrogens (tertiary/aromatic N) is 2. The Labute approximate surface area is 157 Å². The van der Waals surface area contributed by atoms with Crippen LogP contribution in [-0.2, 0) is 19.5 Å². The van der Waals surface area contributed by atoms with Gasteiger partial charge in [0.15, 0.2) is 0 Å². The summed E-state index contributed by atoms with van der Waals surface area (Å²) in [6, 6.07) is 4.76. The van der Waals surface area contributed by atoms with Crippen LogP contribution in [0.25, 0.3) is 0 Å². The molecule has 0 amide bonds. The molecule has 4 rings (SSSR count). The molecule has 1 saturated carbocycles. The quantitative estimate of drug-likeness (QED) is 0.875. The zero-order valence-electron chi connectivity index (χ0n) is 14.7. The van der Waals surface area contributed by atoms with Gasteiger partial charge in [0.2, 0.25) is 0 Å². The summed E-state index contributed by atoms with van der Waals surface area (Å²) in [6.07, 6.45) is 6.48. The number of aromatic amines is 1. The zero-order chi connectivity index (χ0) is 18.1. The van der Waals surface area contributed by atoms with Gasteiger partial charge in [-0.3, -0.25) is 9.69 Å². The number of aromatic nitrogens is 2. The van der Waals surface area contributed by atoms with Crippen LogP contribution in [0.2, 0.25) is 5.02 Å². The van der Waals surface area contributed by atoms with Crippen molar-refractivity contribution in [2.45, 2.75) is 57.5 Å². The number of rotatable bonds is 3. The Balaban J connectivity index is 1.57. The molecule has 1 N–H and O–H groups in total. The zero-order valence-corrected chi connectivity index (χ0v) is 15.5.